The van der Waals surface area contributed by atoms with Gasteiger partial charge in [-0.25, -0.2) is 0 Å². The fourth-order valence-corrected chi connectivity index (χ4v) is 5.82. The number of ether oxygens (including phenoxy) is 1. The van der Waals surface area contributed by atoms with Crippen molar-refractivity contribution >= 4 is 14.5 Å². The molecular weight excluding hydrogens is 439 g/mol. The fraction of sp³-hybridized carbons (Fsp3) is 0.304. The predicted octanol–water partition coefficient (Wildman–Crippen LogP) is 4.93. The van der Waals surface area contributed by atoms with E-state index in [1.54, 1.807) is 18.2 Å². The number of phenolic OH excluding ortho intramolecular Hbond substituents is 1. The van der Waals surface area contributed by atoms with Gasteiger partial charge >= 0.3 is 175 Å². The average molecular weight is 462 g/mol. The molecule has 3 aromatic rings. The van der Waals surface area contributed by atoms with Gasteiger partial charge in [0.2, 0.25) is 0 Å². The van der Waals surface area contributed by atoms with Crippen molar-refractivity contribution < 1.29 is 18.6 Å². The molecule has 1 aromatic heterocycles. The van der Waals surface area contributed by atoms with Crippen LogP contribution >= 0.6 is 0 Å². The van der Waals surface area contributed by atoms with Crippen molar-refractivity contribution in [3.63, 3.8) is 0 Å². The van der Waals surface area contributed by atoms with Crippen LogP contribution in [-0.2, 0) is 0 Å². The summed E-state index contributed by atoms with van der Waals surface area (Å²) in [6.45, 7) is 3.65. The molecule has 0 spiro atoms. The van der Waals surface area contributed by atoms with Gasteiger partial charge in [0.1, 0.15) is 0 Å². The van der Waals surface area contributed by atoms with E-state index >= 15 is 0 Å². The Kier molecular flexibility index (Phi) is 6.34. The number of rotatable bonds is 6. The van der Waals surface area contributed by atoms with Crippen LogP contribution in [0, 0.1) is 11.6 Å². The Balaban J connectivity index is 1.43. The van der Waals surface area contributed by atoms with Crippen molar-refractivity contribution in [3.05, 3.63) is 60.2 Å². The minimum absolute atomic E-state index is 0.104. The number of piperidine rings is 1. The van der Waals surface area contributed by atoms with Crippen molar-refractivity contribution in [2.45, 2.75) is 19.3 Å². The van der Waals surface area contributed by atoms with Gasteiger partial charge in [-0.2, -0.15) is 0 Å². The molecule has 2 heterocycles. The maximum absolute atomic E-state index is 14.7. The van der Waals surface area contributed by atoms with Crippen LogP contribution in [0.25, 0.3) is 20.0 Å². The van der Waals surface area contributed by atoms with E-state index in [1.807, 2.05) is 12.1 Å². The molecule has 1 saturated heterocycles. The number of phenols is 1. The molecule has 0 radical (unpaired) electrons. The normalized spacial score (nSPS) is 14.8. The number of hydrogen-bond donors (Lipinski definition) is 1. The first-order valence-corrected chi connectivity index (χ1v) is 11.6. The van der Waals surface area contributed by atoms with Gasteiger partial charge in [0.15, 0.2) is 0 Å². The Morgan fingerprint density at radius 1 is 0.862 bits per heavy atom. The van der Waals surface area contributed by atoms with Gasteiger partial charge in [-0.1, -0.05) is 0 Å². The molecule has 0 unspecified atom stereocenters. The van der Waals surface area contributed by atoms with E-state index in [0.717, 1.165) is 34.6 Å². The van der Waals surface area contributed by atoms with Crippen LogP contribution in [0.15, 0.2) is 48.5 Å². The van der Waals surface area contributed by atoms with Gasteiger partial charge in [-0.05, 0) is 0 Å². The third-order valence-electron chi connectivity index (χ3n) is 5.16. The number of hydrogen-bond acceptors (Lipinski definition) is 3. The summed E-state index contributed by atoms with van der Waals surface area (Å²) in [6.07, 6.45) is 3.78. The van der Waals surface area contributed by atoms with Gasteiger partial charge in [0.05, 0.1) is 0 Å². The summed E-state index contributed by atoms with van der Waals surface area (Å²) in [5, 5.41) is 9.38. The summed E-state index contributed by atoms with van der Waals surface area (Å²) in [5.41, 5.74) is 0.978. The van der Waals surface area contributed by atoms with E-state index in [-0.39, 0.29) is 26.1 Å². The second-order valence-corrected chi connectivity index (χ2v) is 9.49. The van der Waals surface area contributed by atoms with E-state index in [4.69, 9.17) is 4.74 Å². The van der Waals surface area contributed by atoms with Crippen LogP contribution in [0.3, 0.4) is 0 Å². The van der Waals surface area contributed by atoms with Crippen LogP contribution in [0.2, 0.25) is 0 Å². The molecule has 29 heavy (non-hydrogen) atoms. The van der Waals surface area contributed by atoms with E-state index in [0.29, 0.717) is 23.5 Å². The Bertz CT molecular complexity index is 983. The molecule has 152 valence electrons. The monoisotopic (exact) mass is 463 g/mol. The third-order valence-corrected chi connectivity index (χ3v) is 7.57. The molecule has 0 amide bonds. The second kappa shape index (κ2) is 9.12. The maximum atomic E-state index is 14.7. The predicted molar refractivity (Wildman–Crippen MR) is 112 cm³/mol. The van der Waals surface area contributed by atoms with Crippen LogP contribution in [0.5, 0.6) is 11.5 Å². The summed E-state index contributed by atoms with van der Waals surface area (Å²) in [7, 11) is 0. The summed E-state index contributed by atoms with van der Waals surface area (Å²) < 4.78 is 36.2. The number of benzene rings is 2. The molecule has 1 aliphatic heterocycles. The number of nitrogens with zero attached hydrogens (tertiary/aromatic N) is 1. The first-order valence-electron chi connectivity index (χ1n) is 9.84. The van der Waals surface area contributed by atoms with Gasteiger partial charge in [0, 0.05) is 0 Å². The zero-order chi connectivity index (χ0) is 20.2. The molecule has 6 heteroatoms. The molecule has 0 aliphatic carbocycles. The molecule has 2 aromatic carbocycles. The van der Waals surface area contributed by atoms with E-state index < -0.39 is 5.82 Å². The van der Waals surface area contributed by atoms with Gasteiger partial charge in [0.25, 0.3) is 0 Å². The molecule has 0 bridgehead atoms. The van der Waals surface area contributed by atoms with Crippen LogP contribution in [-0.4, -0.2) is 50.8 Å². The first kappa shape index (κ1) is 20.1. The molecule has 1 fully saturated rings. The SMILES string of the molecule is Oc1ccc(-c2ccc(-c3ccc(OCCN4CCCCC4)cc3F)[se]2)c(F)c1. The Hall–Kier alpha value is -2.14. The second-order valence-electron chi connectivity index (χ2n) is 7.22. The summed E-state index contributed by atoms with van der Waals surface area (Å²) >= 11 is -0.213. The van der Waals surface area contributed by atoms with Gasteiger partial charge < -0.3 is 0 Å². The van der Waals surface area contributed by atoms with E-state index in [9.17, 15) is 13.9 Å². The molecule has 0 atom stereocenters. The van der Waals surface area contributed by atoms with Crippen molar-refractivity contribution in [2.75, 3.05) is 26.2 Å². The summed E-state index contributed by atoms with van der Waals surface area (Å²) in [6, 6.07) is 12.8. The standard InChI is InChI=1S/C23H23F2NO2Se/c24-20-14-16(27)4-6-18(20)22-8-9-23(29-22)19-7-5-17(15-21(19)25)28-13-12-26-10-2-1-3-11-26/h4-9,14-15,27H,1-3,10-13H2. The molecule has 0 saturated carbocycles. The zero-order valence-corrected chi connectivity index (χ0v) is 17.7. The molecule has 4 rings (SSSR count). The Morgan fingerprint density at radius 2 is 1.52 bits per heavy atom. The summed E-state index contributed by atoms with van der Waals surface area (Å²) in [4.78, 5) is 2.38. The molecule has 3 nitrogen and oxygen atoms in total. The molecule has 1 N–H and O–H groups in total. The van der Waals surface area contributed by atoms with Crippen molar-refractivity contribution in [1.82, 2.24) is 4.90 Å². The van der Waals surface area contributed by atoms with E-state index in [2.05, 4.69) is 4.90 Å². The number of halogens is 2. The first-order chi connectivity index (χ1) is 14.1. The topological polar surface area (TPSA) is 32.7 Å². The third kappa shape index (κ3) is 4.89. The van der Waals surface area contributed by atoms with Crippen LogP contribution in [0.1, 0.15) is 19.3 Å². The Morgan fingerprint density at radius 3 is 2.17 bits per heavy atom. The van der Waals surface area contributed by atoms with Crippen LogP contribution in [0.4, 0.5) is 8.78 Å². The molecule has 1 aliphatic rings. The average Bonchev–Trinajstić information content (AvgIpc) is 3.18. The van der Waals surface area contributed by atoms with Gasteiger partial charge in [-0.3, -0.25) is 0 Å². The summed E-state index contributed by atoms with van der Waals surface area (Å²) in [5.74, 6) is -0.361. The minimum atomic E-state index is -0.467. The quantitative estimate of drug-likeness (QED) is 0.528. The van der Waals surface area contributed by atoms with Crippen molar-refractivity contribution in [2.24, 2.45) is 0 Å². The van der Waals surface area contributed by atoms with Crippen molar-refractivity contribution in [3.8, 4) is 31.5 Å². The Labute approximate surface area is 175 Å². The van der Waals surface area contributed by atoms with Gasteiger partial charge in [-0.15, -0.1) is 0 Å². The van der Waals surface area contributed by atoms with E-state index in [1.165, 1.54) is 31.4 Å². The van der Waals surface area contributed by atoms with Crippen LogP contribution < -0.4 is 4.74 Å². The number of aromatic hydroxyl groups is 1. The zero-order valence-electron chi connectivity index (χ0n) is 16.0. The number of likely N-dealkylation sites (tertiary alicyclic amines) is 1. The fourth-order valence-electron chi connectivity index (χ4n) is 3.59. The van der Waals surface area contributed by atoms with Crippen molar-refractivity contribution in [1.29, 1.82) is 0 Å². The molecular formula is C23H23F2NO2Se.